The zero-order valence-electron chi connectivity index (χ0n) is 20.8. The summed E-state index contributed by atoms with van der Waals surface area (Å²) in [6.45, 7) is 22.2. The summed E-state index contributed by atoms with van der Waals surface area (Å²) < 4.78 is 8.34. The Morgan fingerprint density at radius 1 is 1.21 bits per heavy atom. The van der Waals surface area contributed by atoms with Gasteiger partial charge in [-0.1, -0.05) is 63.5 Å². The van der Waals surface area contributed by atoms with Crippen LogP contribution in [-0.2, 0) is 11.3 Å². The lowest BCUT2D eigenvalue weighted by atomic mass is 9.91. The number of hydrogen-bond acceptors (Lipinski definition) is 3. The molecule has 1 aromatic heterocycles. The van der Waals surface area contributed by atoms with E-state index in [1.165, 1.54) is 0 Å². The number of nitrogens with zero attached hydrogens (tertiary/aromatic N) is 2. The van der Waals surface area contributed by atoms with Crippen molar-refractivity contribution in [1.82, 2.24) is 9.78 Å². The predicted molar refractivity (Wildman–Crippen MR) is 141 cm³/mol. The molecule has 2 rings (SSSR count). The van der Waals surface area contributed by atoms with Gasteiger partial charge in [-0.2, -0.15) is 5.10 Å². The van der Waals surface area contributed by atoms with Crippen molar-refractivity contribution in [2.24, 2.45) is 5.92 Å². The van der Waals surface area contributed by atoms with Crippen LogP contribution in [-0.4, -0.2) is 14.9 Å². The second-order valence-corrected chi connectivity index (χ2v) is 8.30. The monoisotopic (exact) mass is 446 g/mol. The summed E-state index contributed by atoms with van der Waals surface area (Å²) >= 11 is 0. The van der Waals surface area contributed by atoms with Crippen molar-refractivity contribution in [3.63, 3.8) is 0 Å². The molecular formula is C29H38N2O2. The van der Waals surface area contributed by atoms with Crippen LogP contribution in [0.25, 0.3) is 16.5 Å². The summed E-state index contributed by atoms with van der Waals surface area (Å²) in [6, 6.07) is 6.58. The van der Waals surface area contributed by atoms with E-state index in [1.807, 2.05) is 36.8 Å². The van der Waals surface area contributed by atoms with Crippen LogP contribution in [0, 0.1) is 5.92 Å². The van der Waals surface area contributed by atoms with Crippen LogP contribution >= 0.6 is 0 Å². The van der Waals surface area contributed by atoms with Crippen LogP contribution in [0.2, 0.25) is 0 Å². The van der Waals surface area contributed by atoms with Gasteiger partial charge in [-0.05, 0) is 63.5 Å². The third-order valence-corrected chi connectivity index (χ3v) is 5.72. The molecule has 0 amide bonds. The van der Waals surface area contributed by atoms with Gasteiger partial charge in [0.05, 0.1) is 11.3 Å². The third kappa shape index (κ3) is 5.95. The number of ether oxygens (including phenoxy) is 1. The molecule has 1 heterocycles. The van der Waals surface area contributed by atoms with Crippen molar-refractivity contribution in [1.29, 1.82) is 0 Å². The third-order valence-electron chi connectivity index (χ3n) is 5.72. The molecule has 0 saturated carbocycles. The lowest BCUT2D eigenvalue weighted by Crippen LogP contribution is -2.11. The van der Waals surface area contributed by atoms with Crippen molar-refractivity contribution in [2.45, 2.75) is 60.1 Å². The van der Waals surface area contributed by atoms with Gasteiger partial charge in [0.1, 0.15) is 18.1 Å². The standard InChI is InChI=1S/C29H38N2O2/c1-9-14-25(21(8)32)24(13-5)29(15-10-2)33-19-27-26-18-23(22(11-3)12-4)16-17-28(26)31(30-27)20(6)7/h10-13,15-18,20,25,32H,2-3,8-9,14,19H2,1,4-7H3/b22-12+,24-13-,29-15+. The topological polar surface area (TPSA) is 47.3 Å². The molecule has 0 radical (unpaired) electrons. The van der Waals surface area contributed by atoms with Gasteiger partial charge in [0.2, 0.25) is 0 Å². The molecule has 1 N–H and O–H groups in total. The van der Waals surface area contributed by atoms with Crippen molar-refractivity contribution in [2.75, 3.05) is 0 Å². The highest BCUT2D eigenvalue weighted by molar-refractivity contribution is 5.87. The zero-order valence-corrected chi connectivity index (χ0v) is 20.8. The molecular weight excluding hydrogens is 408 g/mol. The van der Waals surface area contributed by atoms with E-state index < -0.39 is 0 Å². The quantitative estimate of drug-likeness (QED) is 0.264. The molecule has 0 aliphatic rings. The number of hydrogen-bond donors (Lipinski definition) is 1. The maximum Gasteiger partial charge on any atom is 0.133 e. The number of benzene rings is 1. The van der Waals surface area contributed by atoms with Gasteiger partial charge < -0.3 is 9.84 Å². The van der Waals surface area contributed by atoms with E-state index in [0.717, 1.165) is 46.1 Å². The molecule has 0 fully saturated rings. The Bertz CT molecular complexity index is 1100. The van der Waals surface area contributed by atoms with E-state index in [0.29, 0.717) is 12.4 Å². The van der Waals surface area contributed by atoms with E-state index in [2.05, 4.69) is 64.8 Å². The molecule has 176 valence electrons. The largest absolute Gasteiger partial charge is 0.512 e. The molecule has 1 atom stereocenters. The molecule has 1 unspecified atom stereocenters. The Morgan fingerprint density at radius 2 is 1.94 bits per heavy atom. The van der Waals surface area contributed by atoms with Gasteiger partial charge in [-0.25, -0.2) is 0 Å². The predicted octanol–water partition coefficient (Wildman–Crippen LogP) is 8.23. The number of fused-ring (bicyclic) bond motifs is 1. The minimum absolute atomic E-state index is 0.144. The number of rotatable bonds is 12. The lowest BCUT2D eigenvalue weighted by Gasteiger charge is -2.21. The Hall–Kier alpha value is -3.27. The van der Waals surface area contributed by atoms with Gasteiger partial charge >= 0.3 is 0 Å². The summed E-state index contributed by atoms with van der Waals surface area (Å²) in [7, 11) is 0. The zero-order chi connectivity index (χ0) is 24.5. The Balaban J connectivity index is 2.50. The van der Waals surface area contributed by atoms with Gasteiger partial charge in [0.15, 0.2) is 0 Å². The van der Waals surface area contributed by atoms with Crippen molar-refractivity contribution < 1.29 is 9.84 Å². The van der Waals surface area contributed by atoms with Crippen LogP contribution in [0.5, 0.6) is 0 Å². The average Bonchev–Trinajstić information content (AvgIpc) is 3.16. The van der Waals surface area contributed by atoms with Crippen LogP contribution in [0.4, 0.5) is 0 Å². The second-order valence-electron chi connectivity index (χ2n) is 8.30. The first kappa shape index (κ1) is 26.0. The second kappa shape index (κ2) is 12.1. The lowest BCUT2D eigenvalue weighted by molar-refractivity contribution is 0.195. The fraction of sp³-hybridized carbons (Fsp3) is 0.345. The molecule has 2 aromatic rings. The van der Waals surface area contributed by atoms with Gasteiger partial charge in [0, 0.05) is 22.9 Å². The number of aliphatic hydroxyl groups is 1. The molecule has 33 heavy (non-hydrogen) atoms. The highest BCUT2D eigenvalue weighted by atomic mass is 16.5. The summed E-state index contributed by atoms with van der Waals surface area (Å²) in [5.74, 6) is 0.628. The van der Waals surface area contributed by atoms with E-state index in [1.54, 1.807) is 6.08 Å². The smallest absolute Gasteiger partial charge is 0.133 e. The fourth-order valence-corrected chi connectivity index (χ4v) is 4.07. The summed E-state index contributed by atoms with van der Waals surface area (Å²) in [6.07, 6.45) is 11.1. The first-order valence-electron chi connectivity index (χ1n) is 11.6. The van der Waals surface area contributed by atoms with Crippen molar-refractivity contribution in [3.8, 4) is 0 Å². The van der Waals surface area contributed by atoms with Gasteiger partial charge in [-0.15, -0.1) is 0 Å². The average molecular weight is 447 g/mol. The molecule has 0 bridgehead atoms. The highest BCUT2D eigenvalue weighted by Gasteiger charge is 2.22. The van der Waals surface area contributed by atoms with Crippen LogP contribution in [0.15, 0.2) is 85.4 Å². The number of aliphatic hydroxyl groups excluding tert-OH is 1. The minimum Gasteiger partial charge on any atom is -0.512 e. The van der Waals surface area contributed by atoms with E-state index in [4.69, 9.17) is 9.84 Å². The van der Waals surface area contributed by atoms with Gasteiger partial charge in [-0.3, -0.25) is 4.68 Å². The summed E-state index contributed by atoms with van der Waals surface area (Å²) in [5, 5.41) is 16.1. The Labute approximate surface area is 199 Å². The molecule has 4 heteroatoms. The van der Waals surface area contributed by atoms with E-state index in [-0.39, 0.29) is 17.7 Å². The number of allylic oxidation sites excluding steroid dienone is 8. The summed E-state index contributed by atoms with van der Waals surface area (Å²) in [5.41, 5.74) is 5.01. The van der Waals surface area contributed by atoms with Crippen LogP contribution < -0.4 is 0 Å². The van der Waals surface area contributed by atoms with Gasteiger partial charge in [0.25, 0.3) is 0 Å². The first-order valence-corrected chi connectivity index (χ1v) is 11.6. The minimum atomic E-state index is -0.187. The number of aromatic nitrogens is 2. The summed E-state index contributed by atoms with van der Waals surface area (Å²) in [4.78, 5) is 0. The molecule has 0 spiro atoms. The maximum atomic E-state index is 10.2. The van der Waals surface area contributed by atoms with Crippen LogP contribution in [0.1, 0.15) is 64.8 Å². The van der Waals surface area contributed by atoms with Crippen LogP contribution in [0.3, 0.4) is 0 Å². The first-order chi connectivity index (χ1) is 15.8. The van der Waals surface area contributed by atoms with E-state index in [9.17, 15) is 5.11 Å². The van der Waals surface area contributed by atoms with E-state index >= 15 is 0 Å². The molecule has 0 aliphatic carbocycles. The molecule has 4 nitrogen and oxygen atoms in total. The normalized spacial score (nSPS) is 13.9. The molecule has 0 aliphatic heterocycles. The SMILES string of the molecule is C=C/C=C(OCc1nn(C(C)C)c2ccc(/C(C=C)=C/C)cc12)\C(=C/C)C(CCC)C(=C)O. The Kier molecular flexibility index (Phi) is 9.53. The van der Waals surface area contributed by atoms with Crippen molar-refractivity contribution in [3.05, 3.63) is 96.7 Å². The molecule has 1 aromatic carbocycles. The van der Waals surface area contributed by atoms with Crippen molar-refractivity contribution >= 4 is 16.5 Å². The fourth-order valence-electron chi connectivity index (χ4n) is 4.07. The molecule has 0 saturated heterocycles. The maximum absolute atomic E-state index is 10.2. The highest BCUT2D eigenvalue weighted by Crippen LogP contribution is 2.32. The Morgan fingerprint density at radius 3 is 2.45 bits per heavy atom.